The summed E-state index contributed by atoms with van der Waals surface area (Å²) in [4.78, 5) is 46.5. The molecule has 0 aromatic carbocycles. The Labute approximate surface area is 287 Å². The molecule has 12 heteroatoms. The Hall–Kier alpha value is -4.00. The molecule has 2 aliphatic heterocycles. The van der Waals surface area contributed by atoms with Crippen LogP contribution < -0.4 is 5.32 Å². The number of hydrogen-bond acceptors (Lipinski definition) is 10. The first-order chi connectivity index (χ1) is 23.3. The summed E-state index contributed by atoms with van der Waals surface area (Å²) in [7, 11) is 1.47. The molecule has 5 rings (SSSR count). The van der Waals surface area contributed by atoms with Gasteiger partial charge in [0.05, 0.1) is 11.7 Å². The zero-order valence-corrected chi connectivity index (χ0v) is 29.3. The van der Waals surface area contributed by atoms with Gasteiger partial charge in [0, 0.05) is 55.4 Å². The van der Waals surface area contributed by atoms with Crippen LogP contribution in [0.25, 0.3) is 0 Å². The number of pyridine rings is 1. The number of nitrogens with zero attached hydrogens (tertiary/aromatic N) is 1. The van der Waals surface area contributed by atoms with Crippen LogP contribution in [-0.2, 0) is 35.0 Å². The zero-order valence-electron chi connectivity index (χ0n) is 29.3. The quantitative estimate of drug-likeness (QED) is 0.179. The van der Waals surface area contributed by atoms with Gasteiger partial charge >= 0.3 is 18.0 Å². The smallest absolute Gasteiger partial charge is 0.407 e. The highest BCUT2D eigenvalue weighted by atomic mass is 16.6. The Bertz CT molecular complexity index is 1530. The van der Waals surface area contributed by atoms with Crippen LogP contribution in [0.1, 0.15) is 70.4 Å². The van der Waals surface area contributed by atoms with Crippen molar-refractivity contribution in [3.8, 4) is 0 Å². The molecule has 1 aliphatic carbocycles. The number of alkyl carbamates (subject to hydrolysis) is 1. The highest BCUT2D eigenvalue weighted by Gasteiger charge is 2.62. The average Bonchev–Trinajstić information content (AvgIpc) is 3.70. The number of rotatable bonds is 10. The fourth-order valence-electron chi connectivity index (χ4n) is 7.48. The lowest BCUT2D eigenvalue weighted by Gasteiger charge is -2.42. The second kappa shape index (κ2) is 14.9. The van der Waals surface area contributed by atoms with Crippen molar-refractivity contribution in [2.45, 2.75) is 103 Å². The van der Waals surface area contributed by atoms with E-state index in [1.165, 1.54) is 7.11 Å². The fraction of sp³-hybridized carbons (Fsp3) is 0.568. The maximum absolute atomic E-state index is 13.6. The third-order valence-electron chi connectivity index (χ3n) is 10.5. The lowest BCUT2D eigenvalue weighted by Crippen LogP contribution is -2.48. The van der Waals surface area contributed by atoms with Crippen molar-refractivity contribution in [1.29, 1.82) is 0 Å². The number of aromatic nitrogens is 2. The number of aromatic amines is 1. The molecule has 3 N–H and O–H groups in total. The van der Waals surface area contributed by atoms with Gasteiger partial charge in [-0.2, -0.15) is 0 Å². The number of carbonyl (C=O) groups excluding carboxylic acids is 3. The standard InChI is InChI=1S/C37H49N3O9/c1-21-17-22(2)37-20-36(6,32(49-37)31(23(3)24(4)41)48-33(42)28-9-8-14-39-28)13-10-27(37)18-29(45-7)34(43)47-30(21)25(5)46-35(44)40-19-26-11-15-38-16-12-26/h8-17,21,23-25,27,29-32,39,41H,18-20H2,1-7H3,(H,40,44)/b22-17+/t21-,23-,24+,25-,27-,29+,30+,31-,32+,36-,37+/m1/s1. The monoisotopic (exact) mass is 679 g/mol. The molecule has 2 aromatic rings. The van der Waals surface area contributed by atoms with E-state index < -0.39 is 77.5 Å². The molecule has 4 heterocycles. The van der Waals surface area contributed by atoms with Gasteiger partial charge < -0.3 is 39.1 Å². The number of methoxy groups -OCH3 is 1. The number of H-pyrrole nitrogens is 1. The van der Waals surface area contributed by atoms with E-state index in [4.69, 9.17) is 23.7 Å². The molecule has 1 saturated heterocycles. The number of aliphatic hydroxyl groups is 1. The van der Waals surface area contributed by atoms with Gasteiger partial charge in [0.15, 0.2) is 6.10 Å². The van der Waals surface area contributed by atoms with Crippen LogP contribution in [0, 0.1) is 23.2 Å². The second-order valence-corrected chi connectivity index (χ2v) is 14.0. The van der Waals surface area contributed by atoms with Crippen LogP contribution in [0.15, 0.2) is 66.7 Å². The summed E-state index contributed by atoms with van der Waals surface area (Å²) in [6.45, 7) is 11.5. The summed E-state index contributed by atoms with van der Waals surface area (Å²) in [5.41, 5.74) is 0.617. The van der Waals surface area contributed by atoms with Gasteiger partial charge in [-0.05, 0) is 69.0 Å². The van der Waals surface area contributed by atoms with E-state index in [1.807, 2.05) is 26.8 Å². The summed E-state index contributed by atoms with van der Waals surface area (Å²) < 4.78 is 30.7. The molecule has 49 heavy (non-hydrogen) atoms. The van der Waals surface area contributed by atoms with Crippen LogP contribution in [0.3, 0.4) is 0 Å². The van der Waals surface area contributed by atoms with E-state index in [-0.39, 0.29) is 18.9 Å². The molecule has 1 amide bonds. The minimum absolute atomic E-state index is 0.253. The molecule has 11 atom stereocenters. The number of esters is 2. The molecule has 3 aliphatic rings. The molecule has 266 valence electrons. The molecule has 0 radical (unpaired) electrons. The predicted molar refractivity (Wildman–Crippen MR) is 179 cm³/mol. The summed E-state index contributed by atoms with van der Waals surface area (Å²) in [6, 6.07) is 6.94. The lowest BCUT2D eigenvalue weighted by molar-refractivity contribution is -0.172. The summed E-state index contributed by atoms with van der Waals surface area (Å²) in [5, 5.41) is 13.5. The van der Waals surface area contributed by atoms with Crippen LogP contribution in [0.4, 0.5) is 4.79 Å². The van der Waals surface area contributed by atoms with E-state index in [9.17, 15) is 19.5 Å². The molecule has 1 spiro atoms. The van der Waals surface area contributed by atoms with Crippen molar-refractivity contribution >= 4 is 18.0 Å². The van der Waals surface area contributed by atoms with Gasteiger partial charge in [-0.1, -0.05) is 39.0 Å². The Morgan fingerprint density at radius 3 is 2.57 bits per heavy atom. The van der Waals surface area contributed by atoms with Crippen LogP contribution in [0.2, 0.25) is 0 Å². The number of amides is 1. The Kier molecular flexibility index (Phi) is 11.0. The van der Waals surface area contributed by atoms with Gasteiger partial charge in [-0.3, -0.25) is 4.98 Å². The third kappa shape index (κ3) is 7.61. The number of hydrogen-bond donors (Lipinski definition) is 3. The Balaban J connectivity index is 1.44. The molecule has 0 unspecified atom stereocenters. The summed E-state index contributed by atoms with van der Waals surface area (Å²) >= 11 is 0. The number of cyclic esters (lactones) is 1. The number of aliphatic hydroxyl groups excluding tert-OH is 1. The Morgan fingerprint density at radius 2 is 1.92 bits per heavy atom. The molecular weight excluding hydrogens is 630 g/mol. The minimum atomic E-state index is -0.926. The van der Waals surface area contributed by atoms with Crippen molar-refractivity contribution in [3.05, 3.63) is 77.9 Å². The van der Waals surface area contributed by atoms with Gasteiger partial charge in [0.1, 0.15) is 30.1 Å². The maximum Gasteiger partial charge on any atom is 0.407 e. The van der Waals surface area contributed by atoms with E-state index >= 15 is 0 Å². The molecular formula is C37H49N3O9. The van der Waals surface area contributed by atoms with Crippen LogP contribution in [0.5, 0.6) is 0 Å². The van der Waals surface area contributed by atoms with E-state index in [0.29, 0.717) is 12.1 Å². The van der Waals surface area contributed by atoms with Gasteiger partial charge in [0.2, 0.25) is 0 Å². The van der Waals surface area contributed by atoms with Gasteiger partial charge in [-0.15, -0.1) is 0 Å². The number of nitrogens with one attached hydrogen (secondary N) is 2. The number of fused-ring (bicyclic) bond motifs is 1. The Morgan fingerprint density at radius 1 is 1.18 bits per heavy atom. The number of carbonyl (C=O) groups is 3. The molecule has 0 saturated carbocycles. The molecule has 12 nitrogen and oxygen atoms in total. The topological polar surface area (TPSA) is 158 Å². The maximum atomic E-state index is 13.6. The second-order valence-electron chi connectivity index (χ2n) is 14.0. The molecule has 2 aromatic heterocycles. The van der Waals surface area contributed by atoms with Gasteiger partial charge in [0.25, 0.3) is 0 Å². The van der Waals surface area contributed by atoms with Crippen LogP contribution >= 0.6 is 0 Å². The summed E-state index contributed by atoms with van der Waals surface area (Å²) in [6.07, 6.45) is 6.52. The van der Waals surface area contributed by atoms with Crippen molar-refractivity contribution in [1.82, 2.24) is 15.3 Å². The van der Waals surface area contributed by atoms with E-state index in [1.54, 1.807) is 56.7 Å². The largest absolute Gasteiger partial charge is 0.456 e. The summed E-state index contributed by atoms with van der Waals surface area (Å²) in [5.74, 6) is -2.23. The minimum Gasteiger partial charge on any atom is -0.456 e. The highest BCUT2D eigenvalue weighted by molar-refractivity contribution is 5.87. The van der Waals surface area contributed by atoms with Gasteiger partial charge in [-0.25, -0.2) is 14.4 Å². The molecule has 1 fully saturated rings. The first kappa shape index (κ1) is 36.3. The number of ether oxygens (including phenoxy) is 5. The van der Waals surface area contributed by atoms with E-state index in [2.05, 4.69) is 34.4 Å². The fourth-order valence-corrected chi connectivity index (χ4v) is 7.48. The predicted octanol–water partition coefficient (Wildman–Crippen LogP) is 4.90. The SMILES string of the molecule is CO[C@H]1C[C@H]2C=C[C@]3(C)C[C@]2(O[C@H]3[C@H](OC(=O)c2ccc[nH]2)[C@H](C)[C@H](C)O)/C(C)=C/[C@@H](C)[C@@H]([C@@H](C)OC(=O)NCc2ccncc2)OC1=O. The highest BCUT2D eigenvalue weighted by Crippen LogP contribution is 2.58. The van der Waals surface area contributed by atoms with Crippen molar-refractivity contribution < 1.29 is 43.2 Å². The first-order valence-corrected chi connectivity index (χ1v) is 16.9. The normalized spacial score (nSPS) is 33.1. The molecule has 2 bridgehead atoms. The van der Waals surface area contributed by atoms with E-state index in [0.717, 1.165) is 11.1 Å². The van der Waals surface area contributed by atoms with Crippen molar-refractivity contribution in [2.75, 3.05) is 7.11 Å². The lowest BCUT2D eigenvalue weighted by atomic mass is 9.64. The third-order valence-corrected chi connectivity index (χ3v) is 10.5. The van der Waals surface area contributed by atoms with Crippen LogP contribution in [-0.4, -0.2) is 82.4 Å². The zero-order chi connectivity index (χ0) is 35.5. The average molecular weight is 680 g/mol. The van der Waals surface area contributed by atoms with Crippen molar-refractivity contribution in [2.24, 2.45) is 23.2 Å². The first-order valence-electron chi connectivity index (χ1n) is 16.9. The van der Waals surface area contributed by atoms with Crippen molar-refractivity contribution in [3.63, 3.8) is 0 Å².